The summed E-state index contributed by atoms with van der Waals surface area (Å²) < 4.78 is 30.0. The Morgan fingerprint density at radius 2 is 1.85 bits per heavy atom. The quantitative estimate of drug-likeness (QED) is 0.661. The molecule has 5 heterocycles. The number of hydrogen-bond acceptors (Lipinski definition) is 8. The zero-order valence-corrected chi connectivity index (χ0v) is 20.7. The van der Waals surface area contributed by atoms with Gasteiger partial charge in [0, 0.05) is 32.2 Å². The van der Waals surface area contributed by atoms with Crippen molar-refractivity contribution in [1.29, 1.82) is 0 Å². The highest BCUT2D eigenvalue weighted by Crippen LogP contribution is 2.42. The number of aromatic nitrogens is 1. The third-order valence-electron chi connectivity index (χ3n) is 7.67. The normalized spacial score (nSPS) is 23.1. The first-order valence-electron chi connectivity index (χ1n) is 12.1. The number of pyridine rings is 1. The zero-order valence-electron chi connectivity index (χ0n) is 19.1. The van der Waals surface area contributed by atoms with Crippen molar-refractivity contribution in [2.45, 2.75) is 31.4 Å². The molecule has 2 N–H and O–H groups in total. The van der Waals surface area contributed by atoms with Gasteiger partial charge in [-0.1, -0.05) is 17.7 Å². The Kier molecular flexibility index (Phi) is 5.83. The summed E-state index contributed by atoms with van der Waals surface area (Å²) in [4.78, 5) is 9.23. The average molecular weight is 504 g/mol. The Bertz CT molecular complexity index is 1180. The van der Waals surface area contributed by atoms with E-state index in [-0.39, 0.29) is 11.5 Å². The molecule has 0 spiro atoms. The molecule has 0 atom stereocenters. The van der Waals surface area contributed by atoms with Crippen LogP contribution in [-0.4, -0.2) is 75.1 Å². The van der Waals surface area contributed by atoms with E-state index in [1.165, 1.54) is 18.4 Å². The zero-order chi connectivity index (χ0) is 23.3. The van der Waals surface area contributed by atoms with Gasteiger partial charge >= 0.3 is 0 Å². The lowest BCUT2D eigenvalue weighted by Gasteiger charge is -2.42. The minimum Gasteiger partial charge on any atom is -0.487 e. The van der Waals surface area contributed by atoms with Gasteiger partial charge in [0.2, 0.25) is 0 Å². The number of likely N-dealkylation sites (tertiary alicyclic amines) is 1. The summed E-state index contributed by atoms with van der Waals surface area (Å²) in [5, 5.41) is 7.38. The molecule has 1 aromatic heterocycles. The smallest absolute Gasteiger partial charge is 0.153 e. The van der Waals surface area contributed by atoms with Gasteiger partial charge in [0.25, 0.3) is 0 Å². The second-order valence-electron chi connectivity index (χ2n) is 9.71. The van der Waals surface area contributed by atoms with Gasteiger partial charge in [-0.15, -0.1) is 0 Å². The summed E-state index contributed by atoms with van der Waals surface area (Å²) >= 11 is 6.56. The molecule has 182 valence electrons. The number of piperidine rings is 1. The number of benzene rings is 1. The van der Waals surface area contributed by atoms with E-state index in [2.05, 4.69) is 38.7 Å². The summed E-state index contributed by atoms with van der Waals surface area (Å²) in [6.07, 6.45) is 3.98. The van der Waals surface area contributed by atoms with E-state index in [9.17, 15) is 8.42 Å². The molecule has 4 aliphatic rings. The lowest BCUT2D eigenvalue weighted by Crippen LogP contribution is -2.58. The minimum atomic E-state index is -2.98. The Hall–Kier alpha value is -2.07. The molecule has 10 heteroatoms. The number of rotatable bonds is 3. The van der Waals surface area contributed by atoms with Crippen molar-refractivity contribution in [3.05, 3.63) is 40.5 Å². The topological polar surface area (TPSA) is 86.8 Å². The van der Waals surface area contributed by atoms with E-state index in [0.29, 0.717) is 36.7 Å². The van der Waals surface area contributed by atoms with Gasteiger partial charge in [-0.3, -0.25) is 4.90 Å². The Morgan fingerprint density at radius 1 is 1.09 bits per heavy atom. The lowest BCUT2D eigenvalue weighted by atomic mass is 9.88. The summed E-state index contributed by atoms with van der Waals surface area (Å²) in [6.45, 7) is 5.71. The predicted molar refractivity (Wildman–Crippen MR) is 134 cm³/mol. The fraction of sp³-hybridized carbons (Fsp3) is 0.542. The Balaban J connectivity index is 1.23. The molecule has 0 saturated carbocycles. The number of fused-ring (bicyclic) bond motifs is 2. The van der Waals surface area contributed by atoms with Crippen LogP contribution in [0.25, 0.3) is 0 Å². The fourth-order valence-corrected chi connectivity index (χ4v) is 6.95. The fourth-order valence-electron chi connectivity index (χ4n) is 5.47. The third-order valence-corrected chi connectivity index (χ3v) is 9.56. The largest absolute Gasteiger partial charge is 0.487 e. The molecular formula is C24H30ClN5O3S. The van der Waals surface area contributed by atoms with Crippen molar-refractivity contribution in [1.82, 2.24) is 15.2 Å². The van der Waals surface area contributed by atoms with Crippen molar-refractivity contribution in [3.63, 3.8) is 0 Å². The summed E-state index contributed by atoms with van der Waals surface area (Å²) in [6, 6.07) is 7.17. The van der Waals surface area contributed by atoms with E-state index in [4.69, 9.17) is 16.3 Å². The number of anilines is 3. The van der Waals surface area contributed by atoms with E-state index >= 15 is 0 Å². The van der Waals surface area contributed by atoms with Crippen LogP contribution in [0.2, 0.25) is 5.02 Å². The van der Waals surface area contributed by atoms with Crippen molar-refractivity contribution >= 4 is 38.6 Å². The molecular weight excluding hydrogens is 474 g/mol. The van der Waals surface area contributed by atoms with Crippen molar-refractivity contribution in [2.24, 2.45) is 0 Å². The molecule has 0 aliphatic carbocycles. The lowest BCUT2D eigenvalue weighted by molar-refractivity contribution is 0.113. The SMILES string of the molecule is O=S1(=O)CCN(c2c(Cl)cnc3c2COc2ccc(C4CCN(C5CNC5)CC4)cc2N3)CC1. The molecule has 0 bridgehead atoms. The Labute approximate surface area is 205 Å². The van der Waals surface area contributed by atoms with Crippen molar-refractivity contribution in [2.75, 3.05) is 61.0 Å². The summed E-state index contributed by atoms with van der Waals surface area (Å²) in [5.41, 5.74) is 3.94. The predicted octanol–water partition coefficient (Wildman–Crippen LogP) is 2.76. The molecule has 1 aromatic carbocycles. The molecule has 0 amide bonds. The van der Waals surface area contributed by atoms with Crippen LogP contribution in [0.15, 0.2) is 24.4 Å². The van der Waals surface area contributed by atoms with Gasteiger partial charge in [-0.2, -0.15) is 0 Å². The number of sulfone groups is 1. The summed E-state index contributed by atoms with van der Waals surface area (Å²) in [5.74, 6) is 2.32. The molecule has 0 radical (unpaired) electrons. The summed E-state index contributed by atoms with van der Waals surface area (Å²) in [7, 11) is -2.98. The van der Waals surface area contributed by atoms with Gasteiger partial charge in [0.15, 0.2) is 9.84 Å². The van der Waals surface area contributed by atoms with Crippen molar-refractivity contribution in [3.8, 4) is 5.75 Å². The number of nitrogens with one attached hydrogen (secondary N) is 2. The maximum atomic E-state index is 11.9. The van der Waals surface area contributed by atoms with Crippen LogP contribution in [0.1, 0.15) is 29.9 Å². The highest BCUT2D eigenvalue weighted by atomic mass is 35.5. The monoisotopic (exact) mass is 503 g/mol. The van der Waals surface area contributed by atoms with Crippen LogP contribution in [0, 0.1) is 0 Å². The van der Waals surface area contributed by atoms with Crippen LogP contribution in [0.4, 0.5) is 17.2 Å². The standard InChI is InChI=1S/C24H30ClN5O3S/c25-20-14-27-24-19(23(20)30-7-9-34(31,32)10-8-30)15-33-22-2-1-17(11-21(22)28-24)16-3-5-29(6-4-16)18-12-26-13-18/h1-2,11,14,16,18,26H,3-10,12-13,15H2,(H,27,28). The highest BCUT2D eigenvalue weighted by molar-refractivity contribution is 7.91. The molecule has 8 nitrogen and oxygen atoms in total. The van der Waals surface area contributed by atoms with Crippen LogP contribution < -0.4 is 20.3 Å². The maximum Gasteiger partial charge on any atom is 0.153 e. The molecule has 2 aromatic rings. The first-order valence-corrected chi connectivity index (χ1v) is 14.3. The minimum absolute atomic E-state index is 0.133. The second kappa shape index (κ2) is 8.86. The van der Waals surface area contributed by atoms with Crippen LogP contribution in [0.5, 0.6) is 5.75 Å². The van der Waals surface area contributed by atoms with Gasteiger partial charge < -0.3 is 20.3 Å². The van der Waals surface area contributed by atoms with E-state index in [1.54, 1.807) is 6.20 Å². The number of ether oxygens (including phenoxy) is 1. The average Bonchev–Trinajstić information content (AvgIpc) is 2.98. The Morgan fingerprint density at radius 3 is 2.56 bits per heavy atom. The maximum absolute atomic E-state index is 11.9. The number of nitrogens with zero attached hydrogens (tertiary/aromatic N) is 3. The van der Waals surface area contributed by atoms with Gasteiger partial charge in [0.05, 0.1) is 39.7 Å². The van der Waals surface area contributed by atoms with Crippen LogP contribution >= 0.6 is 11.6 Å². The van der Waals surface area contributed by atoms with Crippen LogP contribution in [0.3, 0.4) is 0 Å². The molecule has 6 rings (SSSR count). The molecule has 4 aliphatic heterocycles. The van der Waals surface area contributed by atoms with Gasteiger partial charge in [0.1, 0.15) is 18.2 Å². The van der Waals surface area contributed by atoms with Gasteiger partial charge in [-0.25, -0.2) is 13.4 Å². The number of halogens is 1. The molecule has 3 saturated heterocycles. The van der Waals surface area contributed by atoms with Gasteiger partial charge in [-0.05, 0) is 49.5 Å². The van der Waals surface area contributed by atoms with Crippen molar-refractivity contribution < 1.29 is 13.2 Å². The second-order valence-corrected chi connectivity index (χ2v) is 12.4. The molecule has 34 heavy (non-hydrogen) atoms. The first kappa shape index (κ1) is 22.4. The molecule has 0 unspecified atom stereocenters. The third kappa shape index (κ3) is 4.23. The highest BCUT2D eigenvalue weighted by Gasteiger charge is 2.31. The molecule has 3 fully saturated rings. The van der Waals surface area contributed by atoms with E-state index in [0.717, 1.165) is 54.7 Å². The number of hydrogen-bond donors (Lipinski definition) is 2. The van der Waals surface area contributed by atoms with E-state index < -0.39 is 9.84 Å². The van der Waals surface area contributed by atoms with E-state index in [1.807, 2.05) is 4.90 Å². The van der Waals surface area contributed by atoms with Crippen LogP contribution in [-0.2, 0) is 16.4 Å². The first-order chi connectivity index (χ1) is 16.5.